The highest BCUT2D eigenvalue weighted by atomic mass is 127. The van der Waals surface area contributed by atoms with E-state index in [1.54, 1.807) is 12.3 Å². The van der Waals surface area contributed by atoms with Crippen molar-refractivity contribution in [2.24, 2.45) is 5.10 Å². The number of hydrogen-bond acceptors (Lipinski definition) is 9. The van der Waals surface area contributed by atoms with E-state index < -0.39 is 0 Å². The number of aryl methyl sites for hydroxylation is 1. The number of morpholine rings is 1. The summed E-state index contributed by atoms with van der Waals surface area (Å²) in [6.07, 6.45) is 3.41. The van der Waals surface area contributed by atoms with Crippen LogP contribution in [-0.4, -0.2) is 54.1 Å². The molecule has 0 saturated carbocycles. The maximum Gasteiger partial charge on any atom is 0.250 e. The van der Waals surface area contributed by atoms with Crippen LogP contribution in [0.3, 0.4) is 0 Å². The molecule has 0 atom stereocenters. The first-order valence-electron chi connectivity index (χ1n) is 11.1. The van der Waals surface area contributed by atoms with Crippen LogP contribution in [0.15, 0.2) is 52.6 Å². The monoisotopic (exact) mass is 775 g/mol. The number of halogens is 3. The van der Waals surface area contributed by atoms with Crippen LogP contribution < -0.4 is 20.4 Å². The second kappa shape index (κ2) is 13.0. The van der Waals surface area contributed by atoms with Crippen LogP contribution in [0.4, 0.5) is 23.5 Å². The van der Waals surface area contributed by atoms with Crippen molar-refractivity contribution in [3.63, 3.8) is 0 Å². The second-order valence-electron chi connectivity index (χ2n) is 7.77. The van der Waals surface area contributed by atoms with E-state index in [1.807, 2.05) is 37.3 Å². The van der Waals surface area contributed by atoms with Crippen molar-refractivity contribution in [2.75, 3.05) is 48.6 Å². The third-order valence-corrected chi connectivity index (χ3v) is 7.12. The standard InChI is InChI=1S/C24H24BrI2N7O2/c1-3-8-36-21-16(12-17(26)13-19(21)27)14-28-33-23-30-22(29-20-5-4-15(2)11-18(20)25)31-24(32-23)34-6-9-35-10-7-34/h3-5,11-14H,1,6-10H2,2H3,(H2,29,30,31,32,33)/b28-14-. The summed E-state index contributed by atoms with van der Waals surface area (Å²) in [6.45, 7) is 8.82. The van der Waals surface area contributed by atoms with Crippen molar-refractivity contribution in [3.05, 3.63) is 65.7 Å². The lowest BCUT2D eigenvalue weighted by atomic mass is 10.2. The Hall–Kier alpha value is -2.04. The zero-order chi connectivity index (χ0) is 25.5. The molecule has 1 fully saturated rings. The first-order chi connectivity index (χ1) is 17.4. The first-order valence-corrected chi connectivity index (χ1v) is 14.0. The molecule has 9 nitrogen and oxygen atoms in total. The van der Waals surface area contributed by atoms with Gasteiger partial charge in [-0.3, -0.25) is 0 Å². The smallest absolute Gasteiger partial charge is 0.250 e. The molecule has 0 bridgehead atoms. The molecule has 12 heteroatoms. The molecule has 4 rings (SSSR count). The molecule has 1 aliphatic heterocycles. The van der Waals surface area contributed by atoms with Crippen molar-refractivity contribution in [1.29, 1.82) is 0 Å². The summed E-state index contributed by atoms with van der Waals surface area (Å²) in [7, 11) is 0. The average molecular weight is 776 g/mol. The highest BCUT2D eigenvalue weighted by Crippen LogP contribution is 2.28. The van der Waals surface area contributed by atoms with Crippen LogP contribution in [0.1, 0.15) is 11.1 Å². The molecule has 3 aromatic rings. The number of rotatable bonds is 9. The largest absolute Gasteiger partial charge is 0.488 e. The van der Waals surface area contributed by atoms with Gasteiger partial charge in [-0.05, 0) is 97.9 Å². The van der Waals surface area contributed by atoms with Crippen LogP contribution in [-0.2, 0) is 4.74 Å². The predicted molar refractivity (Wildman–Crippen MR) is 164 cm³/mol. The molecule has 1 aromatic heterocycles. The van der Waals surface area contributed by atoms with Crippen molar-refractivity contribution in [3.8, 4) is 5.75 Å². The Labute approximate surface area is 245 Å². The van der Waals surface area contributed by atoms with Gasteiger partial charge in [-0.25, -0.2) is 5.43 Å². The number of anilines is 4. The molecular weight excluding hydrogens is 752 g/mol. The van der Waals surface area contributed by atoms with Gasteiger partial charge in [-0.2, -0.15) is 20.1 Å². The number of benzene rings is 2. The number of hydrogen-bond donors (Lipinski definition) is 2. The molecule has 2 N–H and O–H groups in total. The summed E-state index contributed by atoms with van der Waals surface area (Å²) in [6, 6.07) is 10.1. The van der Waals surface area contributed by atoms with Crippen LogP contribution >= 0.6 is 61.1 Å². The fourth-order valence-corrected chi connectivity index (χ4v) is 5.99. The van der Waals surface area contributed by atoms with E-state index >= 15 is 0 Å². The topological polar surface area (TPSA) is 96.8 Å². The van der Waals surface area contributed by atoms with Crippen molar-refractivity contribution in [2.45, 2.75) is 6.92 Å². The Balaban J connectivity index is 1.61. The van der Waals surface area contributed by atoms with Crippen molar-refractivity contribution < 1.29 is 9.47 Å². The molecule has 0 unspecified atom stereocenters. The number of nitrogens with one attached hydrogen (secondary N) is 2. The highest BCUT2D eigenvalue weighted by molar-refractivity contribution is 14.1. The van der Waals surface area contributed by atoms with Gasteiger partial charge in [0.2, 0.25) is 17.8 Å². The number of hydrazone groups is 1. The van der Waals surface area contributed by atoms with E-state index in [-0.39, 0.29) is 0 Å². The fourth-order valence-electron chi connectivity index (χ4n) is 3.35. The van der Waals surface area contributed by atoms with Crippen molar-refractivity contribution in [1.82, 2.24) is 15.0 Å². The van der Waals surface area contributed by atoms with E-state index in [0.717, 1.165) is 34.2 Å². The number of aromatic nitrogens is 3. The van der Waals surface area contributed by atoms with Crippen LogP contribution in [0.25, 0.3) is 0 Å². The summed E-state index contributed by atoms with van der Waals surface area (Å²) in [5, 5.41) is 7.69. The van der Waals surface area contributed by atoms with Crippen LogP contribution in [0.5, 0.6) is 5.75 Å². The SMILES string of the molecule is C=CCOc1c(I)cc(I)cc1/C=N\Nc1nc(Nc2ccc(C)cc2Br)nc(N2CCOCC2)n1. The molecular formula is C24H24BrI2N7O2. The maximum absolute atomic E-state index is 5.86. The van der Waals surface area contributed by atoms with Gasteiger partial charge in [-0.15, -0.1) is 0 Å². The van der Waals surface area contributed by atoms with Gasteiger partial charge in [-0.1, -0.05) is 18.7 Å². The zero-order valence-electron chi connectivity index (χ0n) is 19.5. The molecule has 1 aliphatic rings. The zero-order valence-corrected chi connectivity index (χ0v) is 25.4. The minimum absolute atomic E-state index is 0.322. The number of nitrogens with zero attached hydrogens (tertiary/aromatic N) is 5. The van der Waals surface area contributed by atoms with Gasteiger partial charge in [0.05, 0.1) is 28.7 Å². The molecule has 1 saturated heterocycles. The minimum Gasteiger partial charge on any atom is -0.488 e. The minimum atomic E-state index is 0.322. The van der Waals surface area contributed by atoms with Gasteiger partial charge in [0, 0.05) is 26.7 Å². The maximum atomic E-state index is 5.86. The Morgan fingerprint density at radius 3 is 2.69 bits per heavy atom. The van der Waals surface area contributed by atoms with Gasteiger partial charge >= 0.3 is 0 Å². The molecule has 188 valence electrons. The van der Waals surface area contributed by atoms with Crippen LogP contribution in [0, 0.1) is 14.1 Å². The quantitative estimate of drug-likeness (QED) is 0.123. The summed E-state index contributed by atoms with van der Waals surface area (Å²) in [5.41, 5.74) is 5.80. The van der Waals surface area contributed by atoms with E-state index in [4.69, 9.17) is 9.47 Å². The lowest BCUT2D eigenvalue weighted by molar-refractivity contribution is 0.122. The normalized spacial score (nSPS) is 13.6. The van der Waals surface area contributed by atoms with Crippen molar-refractivity contribution >= 4 is 90.9 Å². The van der Waals surface area contributed by atoms with E-state index in [2.05, 4.69) is 103 Å². The molecule has 0 radical (unpaired) electrons. The summed E-state index contributed by atoms with van der Waals surface area (Å²) < 4.78 is 14.3. The first kappa shape index (κ1) is 27.0. The summed E-state index contributed by atoms with van der Waals surface area (Å²) in [5.74, 6) is 2.03. The Morgan fingerprint density at radius 2 is 1.94 bits per heavy atom. The molecule has 2 heterocycles. The predicted octanol–water partition coefficient (Wildman–Crippen LogP) is 5.74. The molecule has 36 heavy (non-hydrogen) atoms. The lowest BCUT2D eigenvalue weighted by Gasteiger charge is -2.27. The van der Waals surface area contributed by atoms with Gasteiger partial charge in [0.25, 0.3) is 0 Å². The van der Waals surface area contributed by atoms with Gasteiger partial charge < -0.3 is 19.7 Å². The molecule has 0 aliphatic carbocycles. The Bertz CT molecular complexity index is 1270. The third-order valence-electron chi connectivity index (χ3n) is 5.04. The third kappa shape index (κ3) is 7.26. The highest BCUT2D eigenvalue weighted by Gasteiger charge is 2.17. The summed E-state index contributed by atoms with van der Waals surface area (Å²) >= 11 is 8.13. The van der Waals surface area contributed by atoms with E-state index in [1.165, 1.54) is 0 Å². The second-order valence-corrected chi connectivity index (χ2v) is 11.0. The van der Waals surface area contributed by atoms with Gasteiger partial charge in [0.15, 0.2) is 0 Å². The van der Waals surface area contributed by atoms with E-state index in [0.29, 0.717) is 50.8 Å². The molecule has 0 amide bonds. The van der Waals surface area contributed by atoms with E-state index in [9.17, 15) is 0 Å². The number of ether oxygens (including phenoxy) is 2. The molecule has 2 aromatic carbocycles. The van der Waals surface area contributed by atoms with Crippen LogP contribution in [0.2, 0.25) is 0 Å². The molecule has 0 spiro atoms. The average Bonchev–Trinajstić information content (AvgIpc) is 2.86. The Morgan fingerprint density at radius 1 is 1.17 bits per heavy atom. The van der Waals surface area contributed by atoms with Gasteiger partial charge in [0.1, 0.15) is 12.4 Å². The lowest BCUT2D eigenvalue weighted by Crippen LogP contribution is -2.37. The fraction of sp³-hybridized carbons (Fsp3) is 0.250. The Kier molecular flexibility index (Phi) is 9.73. The summed E-state index contributed by atoms with van der Waals surface area (Å²) in [4.78, 5) is 15.9.